The van der Waals surface area contributed by atoms with Crippen LogP contribution in [0.25, 0.3) is 0 Å². The van der Waals surface area contributed by atoms with Crippen LogP contribution in [0.2, 0.25) is 10.0 Å². The maximum atomic E-state index is 14.0. The first kappa shape index (κ1) is 30.0. The number of likely N-dealkylation sites (tertiary alicyclic amines) is 1. The minimum Gasteiger partial charge on any atom is -0.465 e. The first-order valence-corrected chi connectivity index (χ1v) is 13.9. The van der Waals surface area contributed by atoms with E-state index < -0.39 is 33.6 Å². The number of anilines is 1. The van der Waals surface area contributed by atoms with Crippen molar-refractivity contribution in [2.45, 2.75) is 37.0 Å². The summed E-state index contributed by atoms with van der Waals surface area (Å²) in [5.41, 5.74) is -1.56. The molecule has 1 aliphatic heterocycles. The fourth-order valence-corrected chi connectivity index (χ4v) is 6.33. The van der Waals surface area contributed by atoms with E-state index in [1.807, 2.05) is 0 Å². The molecule has 0 aliphatic carbocycles. The first-order valence-electron chi connectivity index (χ1n) is 11.4. The highest BCUT2D eigenvalue weighted by Gasteiger charge is 2.36. The SMILES string of the molecule is CCS(=O)(=O)c1c(Cl)cc(Cl)cc1N(C)C(=O)c1ccc(CN2CC[C@@H](N(C)C(=O)O)C2)c(C(F)(F)F)c1. The summed E-state index contributed by atoms with van der Waals surface area (Å²) in [5.74, 6) is -1.21. The Kier molecular flexibility index (Phi) is 8.91. The van der Waals surface area contributed by atoms with E-state index >= 15 is 0 Å². The molecule has 0 unspecified atom stereocenters. The number of hydrogen-bond acceptors (Lipinski definition) is 5. The van der Waals surface area contributed by atoms with E-state index in [-0.39, 0.29) is 56.6 Å². The molecule has 0 spiro atoms. The van der Waals surface area contributed by atoms with E-state index in [9.17, 15) is 31.2 Å². The molecular weight excluding hydrogens is 570 g/mol. The Hall–Kier alpha value is -2.54. The van der Waals surface area contributed by atoms with Gasteiger partial charge >= 0.3 is 12.3 Å². The zero-order valence-corrected chi connectivity index (χ0v) is 23.0. The second-order valence-electron chi connectivity index (χ2n) is 8.94. The number of amides is 2. The molecule has 0 radical (unpaired) electrons. The van der Waals surface area contributed by atoms with E-state index in [4.69, 9.17) is 28.3 Å². The van der Waals surface area contributed by atoms with Gasteiger partial charge in [0.05, 0.1) is 22.0 Å². The Morgan fingerprint density at radius 2 is 1.82 bits per heavy atom. The molecule has 2 amide bonds. The summed E-state index contributed by atoms with van der Waals surface area (Å²) in [6.45, 7) is 1.98. The van der Waals surface area contributed by atoms with Crippen LogP contribution in [-0.2, 0) is 22.6 Å². The van der Waals surface area contributed by atoms with Gasteiger partial charge in [-0.15, -0.1) is 0 Å². The van der Waals surface area contributed by atoms with Gasteiger partial charge in [-0.25, -0.2) is 13.2 Å². The fourth-order valence-electron chi connectivity index (χ4n) is 4.33. The number of carboxylic acid groups (broad SMARTS) is 1. The Morgan fingerprint density at radius 3 is 2.39 bits per heavy atom. The van der Waals surface area contributed by atoms with Crippen LogP contribution in [0.5, 0.6) is 0 Å². The average Bonchev–Trinajstić information content (AvgIpc) is 3.29. The van der Waals surface area contributed by atoms with Gasteiger partial charge < -0.3 is 14.9 Å². The lowest BCUT2D eigenvalue weighted by molar-refractivity contribution is -0.138. The summed E-state index contributed by atoms with van der Waals surface area (Å²) < 4.78 is 67.4. The molecule has 14 heteroatoms. The second kappa shape index (κ2) is 11.3. The topological polar surface area (TPSA) is 98.2 Å². The molecule has 0 aromatic heterocycles. The van der Waals surface area contributed by atoms with Crippen LogP contribution in [0.1, 0.15) is 34.8 Å². The molecule has 0 bridgehead atoms. The summed E-state index contributed by atoms with van der Waals surface area (Å²) in [4.78, 5) is 27.9. The highest BCUT2D eigenvalue weighted by Crippen LogP contribution is 2.38. The van der Waals surface area contributed by atoms with E-state index in [0.29, 0.717) is 13.0 Å². The summed E-state index contributed by atoms with van der Waals surface area (Å²) in [7, 11) is -1.27. The molecule has 0 saturated carbocycles. The predicted molar refractivity (Wildman–Crippen MR) is 138 cm³/mol. The third-order valence-electron chi connectivity index (χ3n) is 6.50. The maximum Gasteiger partial charge on any atom is 0.416 e. The van der Waals surface area contributed by atoms with Crippen molar-refractivity contribution in [3.63, 3.8) is 0 Å². The largest absolute Gasteiger partial charge is 0.465 e. The number of rotatable bonds is 7. The molecule has 208 valence electrons. The van der Waals surface area contributed by atoms with Crippen molar-refractivity contribution in [2.75, 3.05) is 37.8 Å². The van der Waals surface area contributed by atoms with Crippen molar-refractivity contribution < 1.29 is 36.3 Å². The first-order chi connectivity index (χ1) is 17.6. The molecule has 1 N–H and O–H groups in total. The molecule has 38 heavy (non-hydrogen) atoms. The van der Waals surface area contributed by atoms with Crippen molar-refractivity contribution in [2.24, 2.45) is 0 Å². The number of halogens is 5. The summed E-state index contributed by atoms with van der Waals surface area (Å²) in [6.07, 6.45) is -5.41. The fraction of sp³-hybridized carbons (Fsp3) is 0.417. The number of carbonyl (C=O) groups is 2. The smallest absolute Gasteiger partial charge is 0.416 e. The van der Waals surface area contributed by atoms with E-state index in [1.54, 1.807) is 4.90 Å². The number of nitrogens with zero attached hydrogens (tertiary/aromatic N) is 3. The monoisotopic (exact) mass is 595 g/mol. The van der Waals surface area contributed by atoms with Gasteiger partial charge in [0.1, 0.15) is 4.90 Å². The number of hydrogen-bond donors (Lipinski definition) is 1. The van der Waals surface area contributed by atoms with Crippen molar-refractivity contribution in [1.82, 2.24) is 9.80 Å². The average molecular weight is 596 g/mol. The van der Waals surface area contributed by atoms with Crippen molar-refractivity contribution in [3.8, 4) is 0 Å². The van der Waals surface area contributed by atoms with E-state index in [1.165, 1.54) is 45.3 Å². The normalized spacial score (nSPS) is 16.5. The standard InChI is InChI=1S/C24H26Cl2F3N3O5S/c1-4-38(36,37)21-19(26)10-16(25)11-20(21)31(3)22(33)14-5-6-15(18(9-14)24(27,28)29)12-32-8-7-17(13-32)30(2)23(34)35/h5-6,9-11,17H,4,7-8,12-13H2,1-3H3,(H,34,35)/t17-/m1/s1. The number of sulfone groups is 1. The van der Waals surface area contributed by atoms with Gasteiger partial charge in [-0.3, -0.25) is 9.69 Å². The van der Waals surface area contributed by atoms with Crippen LogP contribution < -0.4 is 4.90 Å². The van der Waals surface area contributed by atoms with Crippen molar-refractivity contribution in [1.29, 1.82) is 0 Å². The van der Waals surface area contributed by atoms with Gasteiger partial charge in [0, 0.05) is 50.4 Å². The molecular formula is C24H26Cl2F3N3O5S. The summed E-state index contributed by atoms with van der Waals surface area (Å²) in [5, 5.41) is 8.99. The van der Waals surface area contributed by atoms with Gasteiger partial charge in [-0.2, -0.15) is 13.2 Å². The maximum absolute atomic E-state index is 14.0. The zero-order chi connectivity index (χ0) is 28.6. The van der Waals surface area contributed by atoms with Crippen LogP contribution >= 0.6 is 23.2 Å². The minimum atomic E-state index is -4.78. The molecule has 1 heterocycles. The number of carbonyl (C=O) groups excluding carboxylic acids is 1. The van der Waals surface area contributed by atoms with Gasteiger partial charge in [-0.1, -0.05) is 36.2 Å². The molecule has 2 aromatic rings. The van der Waals surface area contributed by atoms with Crippen LogP contribution in [0, 0.1) is 0 Å². The minimum absolute atomic E-state index is 0.0449. The second-order valence-corrected chi connectivity index (χ2v) is 12.0. The Bertz CT molecular complexity index is 1350. The number of likely N-dealkylation sites (N-methyl/N-ethyl adjacent to an activating group) is 1. The molecule has 1 aliphatic rings. The van der Waals surface area contributed by atoms with Crippen LogP contribution in [0.3, 0.4) is 0 Å². The molecule has 3 rings (SSSR count). The third-order valence-corrected chi connectivity index (χ3v) is 8.94. The number of alkyl halides is 3. The molecule has 2 aromatic carbocycles. The molecule has 1 atom stereocenters. The predicted octanol–water partition coefficient (Wildman–Crippen LogP) is 5.27. The van der Waals surface area contributed by atoms with Gasteiger partial charge in [0.2, 0.25) is 0 Å². The molecule has 1 fully saturated rings. The highest BCUT2D eigenvalue weighted by atomic mass is 35.5. The summed E-state index contributed by atoms with van der Waals surface area (Å²) >= 11 is 12.2. The third kappa shape index (κ3) is 6.36. The Balaban J connectivity index is 1.95. The highest BCUT2D eigenvalue weighted by molar-refractivity contribution is 7.91. The molecule has 8 nitrogen and oxygen atoms in total. The van der Waals surface area contributed by atoms with Crippen molar-refractivity contribution in [3.05, 3.63) is 57.1 Å². The number of benzene rings is 2. The van der Waals surface area contributed by atoms with Gasteiger partial charge in [-0.05, 0) is 36.2 Å². The summed E-state index contributed by atoms with van der Waals surface area (Å²) in [6, 6.07) is 5.25. The lowest BCUT2D eigenvalue weighted by atomic mass is 10.0. The lowest BCUT2D eigenvalue weighted by Gasteiger charge is -2.24. The quantitative estimate of drug-likeness (QED) is 0.468. The van der Waals surface area contributed by atoms with Crippen molar-refractivity contribution >= 4 is 50.7 Å². The van der Waals surface area contributed by atoms with Crippen LogP contribution in [0.4, 0.5) is 23.7 Å². The Labute approximate surface area is 228 Å². The molecule has 1 saturated heterocycles. The van der Waals surface area contributed by atoms with Crippen LogP contribution in [0.15, 0.2) is 35.2 Å². The van der Waals surface area contributed by atoms with E-state index in [0.717, 1.165) is 15.9 Å². The van der Waals surface area contributed by atoms with Crippen LogP contribution in [-0.4, -0.2) is 74.3 Å². The van der Waals surface area contributed by atoms with Gasteiger partial charge in [0.25, 0.3) is 5.91 Å². The van der Waals surface area contributed by atoms with E-state index in [2.05, 4.69) is 0 Å². The lowest BCUT2D eigenvalue weighted by Crippen LogP contribution is -2.38. The zero-order valence-electron chi connectivity index (χ0n) is 20.7. The Morgan fingerprint density at radius 1 is 1.16 bits per heavy atom. The van der Waals surface area contributed by atoms with Gasteiger partial charge in [0.15, 0.2) is 9.84 Å².